The molecule has 0 spiro atoms. The van der Waals surface area contributed by atoms with Crippen LogP contribution in [0.5, 0.6) is 0 Å². The average molecular weight is 167 g/mol. The monoisotopic (exact) mass is 167 g/mol. The SMILES string of the molecule is CCn1nc(C)cc1C(N)=NN. The van der Waals surface area contributed by atoms with Crippen LogP contribution in [-0.4, -0.2) is 15.6 Å². The number of amidine groups is 1. The van der Waals surface area contributed by atoms with E-state index >= 15 is 0 Å². The molecule has 5 heteroatoms. The number of hydrogen-bond donors (Lipinski definition) is 2. The quantitative estimate of drug-likeness (QED) is 0.277. The fourth-order valence-electron chi connectivity index (χ4n) is 1.06. The standard InChI is InChI=1S/C7H13N5/c1-3-12-6(7(8)10-9)4-5(2)11-12/h4H,3,9H2,1-2H3,(H2,8,10). The van der Waals surface area contributed by atoms with Crippen LogP contribution >= 0.6 is 0 Å². The number of hydrazone groups is 1. The highest BCUT2D eigenvalue weighted by atomic mass is 15.3. The second kappa shape index (κ2) is 3.25. The summed E-state index contributed by atoms with van der Waals surface area (Å²) in [6, 6.07) is 1.86. The second-order valence-electron chi connectivity index (χ2n) is 2.50. The van der Waals surface area contributed by atoms with E-state index in [4.69, 9.17) is 11.6 Å². The largest absolute Gasteiger partial charge is 0.381 e. The van der Waals surface area contributed by atoms with Crippen molar-refractivity contribution in [1.82, 2.24) is 9.78 Å². The van der Waals surface area contributed by atoms with Gasteiger partial charge in [0.15, 0.2) is 5.84 Å². The molecule has 0 saturated carbocycles. The predicted molar refractivity (Wildman–Crippen MR) is 47.5 cm³/mol. The molecule has 12 heavy (non-hydrogen) atoms. The fraction of sp³-hybridized carbons (Fsp3) is 0.429. The summed E-state index contributed by atoms with van der Waals surface area (Å²) in [7, 11) is 0. The second-order valence-corrected chi connectivity index (χ2v) is 2.50. The van der Waals surface area contributed by atoms with Gasteiger partial charge >= 0.3 is 0 Å². The van der Waals surface area contributed by atoms with E-state index in [2.05, 4.69) is 10.2 Å². The molecule has 0 aliphatic carbocycles. The van der Waals surface area contributed by atoms with E-state index in [1.165, 1.54) is 0 Å². The highest BCUT2D eigenvalue weighted by Crippen LogP contribution is 2.02. The third-order valence-corrected chi connectivity index (χ3v) is 1.60. The van der Waals surface area contributed by atoms with Crippen molar-refractivity contribution in [1.29, 1.82) is 0 Å². The molecule has 0 saturated heterocycles. The summed E-state index contributed by atoms with van der Waals surface area (Å²) < 4.78 is 1.76. The minimum atomic E-state index is 0.317. The maximum Gasteiger partial charge on any atom is 0.168 e. The van der Waals surface area contributed by atoms with E-state index in [9.17, 15) is 0 Å². The van der Waals surface area contributed by atoms with E-state index in [1.807, 2.05) is 19.9 Å². The fourth-order valence-corrected chi connectivity index (χ4v) is 1.06. The first-order chi connectivity index (χ1) is 5.69. The summed E-state index contributed by atoms with van der Waals surface area (Å²) in [4.78, 5) is 0. The van der Waals surface area contributed by atoms with Crippen molar-refractivity contribution in [2.75, 3.05) is 0 Å². The molecular weight excluding hydrogens is 154 g/mol. The number of nitrogens with two attached hydrogens (primary N) is 2. The van der Waals surface area contributed by atoms with E-state index in [1.54, 1.807) is 4.68 Å². The molecule has 5 nitrogen and oxygen atoms in total. The van der Waals surface area contributed by atoms with E-state index < -0.39 is 0 Å². The molecule has 0 radical (unpaired) electrons. The lowest BCUT2D eigenvalue weighted by molar-refractivity contribution is 0.647. The highest BCUT2D eigenvalue weighted by molar-refractivity contribution is 5.95. The van der Waals surface area contributed by atoms with Gasteiger partial charge < -0.3 is 11.6 Å². The molecule has 0 aliphatic rings. The van der Waals surface area contributed by atoms with Crippen LogP contribution in [0, 0.1) is 6.92 Å². The van der Waals surface area contributed by atoms with Crippen molar-refractivity contribution in [3.05, 3.63) is 17.5 Å². The lowest BCUT2D eigenvalue weighted by Crippen LogP contribution is -2.20. The summed E-state index contributed by atoms with van der Waals surface area (Å²) >= 11 is 0. The van der Waals surface area contributed by atoms with Crippen LogP contribution in [0.4, 0.5) is 0 Å². The van der Waals surface area contributed by atoms with Gasteiger partial charge in [-0.2, -0.15) is 10.2 Å². The van der Waals surface area contributed by atoms with Crippen LogP contribution < -0.4 is 11.6 Å². The molecule has 66 valence electrons. The molecule has 0 aliphatic heterocycles. The normalized spacial score (nSPS) is 12.0. The Labute approximate surface area is 71.0 Å². The van der Waals surface area contributed by atoms with Gasteiger partial charge in [-0.1, -0.05) is 0 Å². The van der Waals surface area contributed by atoms with Crippen LogP contribution in [0.1, 0.15) is 18.3 Å². The van der Waals surface area contributed by atoms with Crippen LogP contribution in [0.2, 0.25) is 0 Å². The lowest BCUT2D eigenvalue weighted by Gasteiger charge is -2.01. The van der Waals surface area contributed by atoms with Gasteiger partial charge in [-0.05, 0) is 19.9 Å². The Hall–Kier alpha value is -1.52. The number of aromatic nitrogens is 2. The smallest absolute Gasteiger partial charge is 0.168 e. The Morgan fingerprint density at radius 3 is 2.92 bits per heavy atom. The summed E-state index contributed by atoms with van der Waals surface area (Å²) in [5.74, 6) is 5.38. The molecule has 1 heterocycles. The minimum Gasteiger partial charge on any atom is -0.381 e. The summed E-state index contributed by atoms with van der Waals surface area (Å²) in [5.41, 5.74) is 7.24. The number of nitrogens with zero attached hydrogens (tertiary/aromatic N) is 3. The highest BCUT2D eigenvalue weighted by Gasteiger charge is 2.06. The van der Waals surface area contributed by atoms with Gasteiger partial charge in [0.25, 0.3) is 0 Å². The molecule has 0 amide bonds. The molecule has 0 atom stereocenters. The van der Waals surface area contributed by atoms with Crippen molar-refractivity contribution < 1.29 is 0 Å². The van der Waals surface area contributed by atoms with Crippen molar-refractivity contribution in [3.8, 4) is 0 Å². The van der Waals surface area contributed by atoms with Crippen LogP contribution in [0.15, 0.2) is 11.2 Å². The van der Waals surface area contributed by atoms with Crippen LogP contribution in [-0.2, 0) is 6.54 Å². The van der Waals surface area contributed by atoms with Gasteiger partial charge in [0, 0.05) is 6.54 Å². The Balaban J connectivity index is 3.13. The number of hydrogen-bond acceptors (Lipinski definition) is 3. The first-order valence-corrected chi connectivity index (χ1v) is 3.77. The Bertz CT molecular complexity index is 299. The van der Waals surface area contributed by atoms with Crippen LogP contribution in [0.25, 0.3) is 0 Å². The zero-order chi connectivity index (χ0) is 9.14. The molecule has 1 aromatic rings. The molecular formula is C7H13N5. The summed E-state index contributed by atoms with van der Waals surface area (Å²) in [5, 5.41) is 7.61. The van der Waals surface area contributed by atoms with Crippen LogP contribution in [0.3, 0.4) is 0 Å². The van der Waals surface area contributed by atoms with Gasteiger partial charge in [0.05, 0.1) is 5.69 Å². The zero-order valence-corrected chi connectivity index (χ0v) is 7.28. The van der Waals surface area contributed by atoms with E-state index in [0.29, 0.717) is 5.84 Å². The molecule has 1 rings (SSSR count). The third-order valence-electron chi connectivity index (χ3n) is 1.60. The third kappa shape index (κ3) is 1.39. The number of rotatable bonds is 2. The van der Waals surface area contributed by atoms with E-state index in [0.717, 1.165) is 17.9 Å². The molecule has 0 bridgehead atoms. The maximum absolute atomic E-state index is 5.55. The first-order valence-electron chi connectivity index (χ1n) is 3.77. The minimum absolute atomic E-state index is 0.317. The topological polar surface area (TPSA) is 82.2 Å². The molecule has 1 aromatic heterocycles. The average Bonchev–Trinajstić information content (AvgIpc) is 2.45. The van der Waals surface area contributed by atoms with Crippen molar-refractivity contribution in [2.24, 2.45) is 16.7 Å². The van der Waals surface area contributed by atoms with Gasteiger partial charge in [-0.15, -0.1) is 0 Å². The molecule has 0 unspecified atom stereocenters. The zero-order valence-electron chi connectivity index (χ0n) is 7.28. The molecule has 4 N–H and O–H groups in total. The lowest BCUT2D eigenvalue weighted by atomic mass is 10.3. The summed E-state index contributed by atoms with van der Waals surface area (Å²) in [6.45, 7) is 4.65. The van der Waals surface area contributed by atoms with Gasteiger partial charge in [-0.25, -0.2) is 0 Å². The summed E-state index contributed by atoms with van der Waals surface area (Å²) in [6.07, 6.45) is 0. The molecule has 0 aromatic carbocycles. The maximum atomic E-state index is 5.55. The van der Waals surface area contributed by atoms with E-state index in [-0.39, 0.29) is 0 Å². The van der Waals surface area contributed by atoms with Crippen molar-refractivity contribution in [2.45, 2.75) is 20.4 Å². The first kappa shape index (κ1) is 8.58. The predicted octanol–water partition coefficient (Wildman–Crippen LogP) is -0.210. The Morgan fingerprint density at radius 2 is 2.42 bits per heavy atom. The number of aryl methyl sites for hydroxylation is 2. The van der Waals surface area contributed by atoms with Gasteiger partial charge in [0.1, 0.15) is 5.69 Å². The van der Waals surface area contributed by atoms with Gasteiger partial charge in [-0.3, -0.25) is 4.68 Å². The van der Waals surface area contributed by atoms with Crippen molar-refractivity contribution in [3.63, 3.8) is 0 Å². The Kier molecular flexibility index (Phi) is 2.32. The molecule has 0 fully saturated rings. The van der Waals surface area contributed by atoms with Crippen molar-refractivity contribution >= 4 is 5.84 Å². The Morgan fingerprint density at radius 1 is 1.75 bits per heavy atom. The van der Waals surface area contributed by atoms with Gasteiger partial charge in [0.2, 0.25) is 0 Å².